The average molecular weight is 837 g/mol. The molecule has 0 radical (unpaired) electrons. The number of carbonyl (C=O) groups excluding carboxylic acids is 2. The lowest BCUT2D eigenvalue weighted by atomic mass is 9.96. The maximum atomic E-state index is 13.7. The Morgan fingerprint density at radius 1 is 0.450 bits per heavy atom. The molecule has 2 amide bonds. The third kappa shape index (κ3) is 12.7. The second-order valence-electron chi connectivity index (χ2n) is 18.1. The van der Waals surface area contributed by atoms with Gasteiger partial charge < -0.3 is 10.6 Å². The highest BCUT2D eigenvalue weighted by Crippen LogP contribution is 2.42. The molecule has 6 heteroatoms. The van der Waals surface area contributed by atoms with Crippen molar-refractivity contribution in [2.75, 3.05) is 13.1 Å². The maximum Gasteiger partial charge on any atom is 0.252 e. The van der Waals surface area contributed by atoms with E-state index in [1.54, 1.807) is 12.1 Å². The van der Waals surface area contributed by atoms with Crippen molar-refractivity contribution in [1.82, 2.24) is 10.6 Å². The van der Waals surface area contributed by atoms with Crippen LogP contribution in [0, 0.1) is 46.6 Å². The number of nitrogens with one attached hydrogen (secondary N) is 2. The van der Waals surface area contributed by atoms with Crippen molar-refractivity contribution in [2.45, 2.75) is 156 Å². The molecule has 0 aliphatic heterocycles. The zero-order chi connectivity index (χ0) is 44.6. The second-order valence-corrected chi connectivity index (χ2v) is 29.3. The molecule has 0 fully saturated rings. The summed E-state index contributed by atoms with van der Waals surface area (Å²) in [5.41, 5.74) is 16.3. The first-order valence-corrected chi connectivity index (χ1v) is 27.0. The summed E-state index contributed by atoms with van der Waals surface area (Å²) in [6.45, 7) is 33.2. The summed E-state index contributed by atoms with van der Waals surface area (Å²) in [5.74, 6) is 19.7. The van der Waals surface area contributed by atoms with Gasteiger partial charge in [0.1, 0.15) is 16.1 Å². The van der Waals surface area contributed by atoms with Crippen molar-refractivity contribution in [3.63, 3.8) is 0 Å². The molecule has 2 N–H and O–H groups in total. The lowest BCUT2D eigenvalue weighted by molar-refractivity contribution is 0.0952. The van der Waals surface area contributed by atoms with Crippen molar-refractivity contribution in [2.24, 2.45) is 0 Å². The van der Waals surface area contributed by atoms with Crippen molar-refractivity contribution in [1.29, 1.82) is 0 Å². The molecule has 0 saturated carbocycles. The number of benzene rings is 3. The molecule has 0 aliphatic carbocycles. The Hall–Kier alpha value is -4.73. The van der Waals surface area contributed by atoms with E-state index in [0.29, 0.717) is 68.6 Å². The van der Waals surface area contributed by atoms with Crippen molar-refractivity contribution in [3.8, 4) is 46.6 Å². The monoisotopic (exact) mass is 837 g/mol. The summed E-state index contributed by atoms with van der Waals surface area (Å²) in [7, 11) is -3.73. The van der Waals surface area contributed by atoms with Gasteiger partial charge in [0.25, 0.3) is 11.8 Å². The Morgan fingerprint density at radius 3 is 1.00 bits per heavy atom. The van der Waals surface area contributed by atoms with Gasteiger partial charge in [-0.25, -0.2) is 0 Å². The topological polar surface area (TPSA) is 58.2 Å². The van der Waals surface area contributed by atoms with Crippen LogP contribution in [0.15, 0.2) is 60.7 Å². The fraction of sp³-hybridized carbons (Fsp3) is 0.481. The lowest BCUT2D eigenvalue weighted by Crippen LogP contribution is -2.43. The van der Waals surface area contributed by atoms with Crippen LogP contribution in [0.5, 0.6) is 0 Å². The highest BCUT2D eigenvalue weighted by Gasteiger charge is 2.42. The average Bonchev–Trinajstić information content (AvgIpc) is 3.19. The van der Waals surface area contributed by atoms with E-state index in [2.05, 4.69) is 154 Å². The highest BCUT2D eigenvalue weighted by atomic mass is 28.3. The Kier molecular flexibility index (Phi) is 19.3. The molecule has 3 aromatic carbocycles. The number of hydrogen-bond donors (Lipinski definition) is 2. The van der Waals surface area contributed by atoms with Gasteiger partial charge in [-0.3, -0.25) is 9.59 Å². The minimum Gasteiger partial charge on any atom is -0.352 e. The van der Waals surface area contributed by atoms with E-state index in [9.17, 15) is 9.59 Å². The lowest BCUT2D eigenvalue weighted by Gasteiger charge is -2.38. The smallest absolute Gasteiger partial charge is 0.252 e. The van der Waals surface area contributed by atoms with Gasteiger partial charge in [0.05, 0.1) is 11.1 Å². The van der Waals surface area contributed by atoms with Crippen LogP contribution >= 0.6 is 0 Å². The number of carbonyl (C=O) groups is 2. The van der Waals surface area contributed by atoms with E-state index in [0.717, 1.165) is 47.9 Å². The number of amides is 2. The predicted octanol–water partition coefficient (Wildman–Crippen LogP) is 12.7. The molecule has 0 spiro atoms. The first-order valence-electron chi connectivity index (χ1n) is 22.5. The fourth-order valence-electron chi connectivity index (χ4n) is 8.91. The van der Waals surface area contributed by atoms with E-state index < -0.39 is 16.1 Å². The van der Waals surface area contributed by atoms with Crippen molar-refractivity contribution >= 4 is 28.0 Å². The predicted molar refractivity (Wildman–Crippen MR) is 262 cm³/mol. The first kappa shape index (κ1) is 49.6. The van der Waals surface area contributed by atoms with E-state index in [1.807, 2.05) is 48.5 Å². The van der Waals surface area contributed by atoms with Gasteiger partial charge in [0, 0.05) is 46.5 Å². The van der Waals surface area contributed by atoms with Crippen LogP contribution in [-0.2, 0) is 0 Å². The summed E-state index contributed by atoms with van der Waals surface area (Å²) in [6, 6.07) is 19.5. The summed E-state index contributed by atoms with van der Waals surface area (Å²) in [6.07, 6.45) is 3.61. The van der Waals surface area contributed by atoms with Crippen LogP contribution in [0.3, 0.4) is 0 Å². The van der Waals surface area contributed by atoms with Gasteiger partial charge in [-0.05, 0) is 107 Å². The summed E-state index contributed by atoms with van der Waals surface area (Å²) in [5, 5.41) is 6.08. The molecule has 0 bridgehead atoms. The normalized spacial score (nSPS) is 11.4. The Labute approximate surface area is 367 Å². The van der Waals surface area contributed by atoms with Crippen LogP contribution in [0.1, 0.15) is 177 Å². The Morgan fingerprint density at radius 2 is 0.733 bits per heavy atom. The molecule has 0 heterocycles. The maximum absolute atomic E-state index is 13.7. The largest absolute Gasteiger partial charge is 0.352 e. The standard InChI is InChI=1S/C54H72N2O2Si2/c1-15-17-33-55-53(57)51-38-52(54(58)56-34-18-16-2)50(30-28-46-21-25-48(26-22-46)32-36-60(42(9)10,43(11)12)44(13)14)37-49(51)29-27-45-19-23-47(24-20-45)31-35-59(39(3)4,40(5)6)41(7)8/h19-26,37-44H,15-18,33-34H2,1-14H3,(H,55,57)(H,56,58). The number of rotatable bonds is 14. The Bertz CT molecular complexity index is 1970. The van der Waals surface area contributed by atoms with E-state index >= 15 is 0 Å². The van der Waals surface area contributed by atoms with Crippen molar-refractivity contribution in [3.05, 3.63) is 105 Å². The quantitative estimate of drug-likeness (QED) is 0.0965. The van der Waals surface area contributed by atoms with Crippen LogP contribution in [0.4, 0.5) is 0 Å². The van der Waals surface area contributed by atoms with E-state index in [1.165, 1.54) is 0 Å². The molecule has 3 aromatic rings. The molecule has 0 atom stereocenters. The molecule has 0 saturated heterocycles. The molecule has 0 aromatic heterocycles. The zero-order valence-electron chi connectivity index (χ0n) is 39.3. The molecule has 60 heavy (non-hydrogen) atoms. The molecular formula is C54H72N2O2Si2. The van der Waals surface area contributed by atoms with E-state index in [4.69, 9.17) is 0 Å². The SMILES string of the molecule is CCCCNC(=O)c1cc(C(=O)NCCCC)c(C#Cc2ccc(C#C[Si](C(C)C)(C(C)C)C(C)C)cc2)cc1C#Cc1ccc(C#C[Si](C(C)C)(C(C)C)C(C)C)cc1. The van der Waals surface area contributed by atoms with Crippen LogP contribution < -0.4 is 10.6 Å². The highest BCUT2D eigenvalue weighted by molar-refractivity contribution is 6.91. The summed E-state index contributed by atoms with van der Waals surface area (Å²) in [4.78, 5) is 27.4. The van der Waals surface area contributed by atoms with Gasteiger partial charge in [0.15, 0.2) is 0 Å². The third-order valence-corrected chi connectivity index (χ3v) is 24.9. The van der Waals surface area contributed by atoms with E-state index in [-0.39, 0.29) is 11.8 Å². The number of hydrogen-bond acceptors (Lipinski definition) is 2. The molecule has 318 valence electrons. The molecule has 0 unspecified atom stereocenters. The van der Waals surface area contributed by atoms with Crippen LogP contribution in [0.25, 0.3) is 0 Å². The minimum atomic E-state index is -1.86. The third-order valence-electron chi connectivity index (χ3n) is 12.3. The molecule has 3 rings (SSSR count). The minimum absolute atomic E-state index is 0.259. The molecular weight excluding hydrogens is 765 g/mol. The molecule has 4 nitrogen and oxygen atoms in total. The summed E-state index contributed by atoms with van der Waals surface area (Å²) >= 11 is 0. The Balaban J connectivity index is 2.13. The van der Waals surface area contributed by atoms with Gasteiger partial charge in [-0.1, -0.05) is 145 Å². The van der Waals surface area contributed by atoms with Crippen LogP contribution in [-0.4, -0.2) is 41.1 Å². The first-order chi connectivity index (χ1) is 28.4. The second kappa shape index (κ2) is 23.3. The van der Waals surface area contributed by atoms with Gasteiger partial charge in [-0.2, -0.15) is 0 Å². The van der Waals surface area contributed by atoms with Gasteiger partial charge >= 0.3 is 0 Å². The fourth-order valence-corrected chi connectivity index (χ4v) is 19.4. The number of unbranched alkanes of at least 4 members (excludes halogenated alkanes) is 2. The summed E-state index contributed by atoms with van der Waals surface area (Å²) < 4.78 is 0. The van der Waals surface area contributed by atoms with Gasteiger partial charge in [0.2, 0.25) is 0 Å². The van der Waals surface area contributed by atoms with Crippen LogP contribution in [0.2, 0.25) is 33.2 Å². The zero-order valence-corrected chi connectivity index (χ0v) is 41.3. The molecule has 0 aliphatic rings. The van der Waals surface area contributed by atoms with Gasteiger partial charge in [-0.15, -0.1) is 11.1 Å². The van der Waals surface area contributed by atoms with Crippen molar-refractivity contribution < 1.29 is 9.59 Å².